The summed E-state index contributed by atoms with van der Waals surface area (Å²) in [4.78, 5) is 2.39. The molecular weight excluding hydrogens is 162 g/mol. The molecule has 0 aromatic heterocycles. The predicted octanol–water partition coefficient (Wildman–Crippen LogP) is 2.14. The van der Waals surface area contributed by atoms with Crippen LogP contribution in [0.25, 0.3) is 0 Å². The number of hydrogen-bond acceptors (Lipinski definition) is 2. The Bertz CT molecular complexity index is 324. The van der Waals surface area contributed by atoms with E-state index in [0.717, 1.165) is 13.2 Å². The van der Waals surface area contributed by atoms with Crippen molar-refractivity contribution in [3.63, 3.8) is 0 Å². The minimum absolute atomic E-state index is 0.356. The average molecular weight is 175 g/mol. The van der Waals surface area contributed by atoms with Crippen LogP contribution < -0.4 is 4.90 Å². The zero-order valence-corrected chi connectivity index (χ0v) is 7.57. The summed E-state index contributed by atoms with van der Waals surface area (Å²) in [5.74, 6) is 0. The van der Waals surface area contributed by atoms with Gasteiger partial charge in [-0.25, -0.2) is 0 Å². The number of nitrogens with zero attached hydrogens (tertiary/aromatic N) is 1. The zero-order chi connectivity index (χ0) is 8.67. The third-order valence-corrected chi connectivity index (χ3v) is 2.93. The normalized spacial score (nSPS) is 25.5. The van der Waals surface area contributed by atoms with Gasteiger partial charge in [0.15, 0.2) is 0 Å². The largest absolute Gasteiger partial charge is 0.354 e. The molecule has 0 N–H and O–H groups in total. The van der Waals surface area contributed by atoms with Gasteiger partial charge in [-0.3, -0.25) is 0 Å². The van der Waals surface area contributed by atoms with E-state index in [1.165, 1.54) is 24.1 Å². The van der Waals surface area contributed by atoms with Crippen LogP contribution in [0.4, 0.5) is 5.69 Å². The van der Waals surface area contributed by atoms with E-state index in [9.17, 15) is 0 Å². The first-order valence-corrected chi connectivity index (χ1v) is 4.91. The Morgan fingerprint density at radius 2 is 2.23 bits per heavy atom. The van der Waals surface area contributed by atoms with Crippen molar-refractivity contribution in [2.45, 2.75) is 25.7 Å². The Balaban J connectivity index is 2.06. The third-order valence-electron chi connectivity index (χ3n) is 2.93. The predicted molar refractivity (Wildman–Crippen MR) is 51.6 cm³/mol. The fourth-order valence-electron chi connectivity index (χ4n) is 2.28. The molecular formula is C11H13NO. The van der Waals surface area contributed by atoms with Gasteiger partial charge < -0.3 is 9.64 Å². The molecule has 3 rings (SSSR count). The fourth-order valence-corrected chi connectivity index (χ4v) is 2.28. The molecule has 0 radical (unpaired) electrons. The van der Waals surface area contributed by atoms with Crippen LogP contribution in [0.2, 0.25) is 0 Å². The van der Waals surface area contributed by atoms with Crippen molar-refractivity contribution in [3.8, 4) is 0 Å². The molecule has 13 heavy (non-hydrogen) atoms. The molecule has 2 nitrogen and oxygen atoms in total. The van der Waals surface area contributed by atoms with Gasteiger partial charge in [0.2, 0.25) is 0 Å². The number of rotatable bonds is 0. The van der Waals surface area contributed by atoms with Crippen LogP contribution in [0.5, 0.6) is 0 Å². The standard InChI is InChI=1S/C11H13NO/c1-2-5-10-9(4-1)8-13-11-6-3-7-12(10)11/h1-2,4-5,11H,3,6-8H2. The molecule has 0 saturated carbocycles. The molecule has 68 valence electrons. The number of benzene rings is 1. The molecule has 2 heterocycles. The maximum Gasteiger partial charge on any atom is 0.130 e. The number of para-hydroxylation sites is 1. The zero-order valence-electron chi connectivity index (χ0n) is 7.57. The van der Waals surface area contributed by atoms with E-state index in [0.29, 0.717) is 6.23 Å². The highest BCUT2D eigenvalue weighted by Crippen LogP contribution is 2.34. The molecule has 1 unspecified atom stereocenters. The Hall–Kier alpha value is -1.02. The second-order valence-corrected chi connectivity index (χ2v) is 3.73. The molecule has 2 heteroatoms. The van der Waals surface area contributed by atoms with Gasteiger partial charge in [-0.15, -0.1) is 0 Å². The second kappa shape index (κ2) is 2.74. The van der Waals surface area contributed by atoms with Gasteiger partial charge in [-0.05, 0) is 18.9 Å². The highest BCUT2D eigenvalue weighted by Gasteiger charge is 2.30. The van der Waals surface area contributed by atoms with Crippen molar-refractivity contribution < 1.29 is 4.74 Å². The minimum Gasteiger partial charge on any atom is -0.354 e. The number of hydrogen-bond donors (Lipinski definition) is 0. The van der Waals surface area contributed by atoms with Gasteiger partial charge in [0.25, 0.3) is 0 Å². The smallest absolute Gasteiger partial charge is 0.130 e. The Kier molecular flexibility index (Phi) is 1.56. The van der Waals surface area contributed by atoms with Gasteiger partial charge in [-0.2, -0.15) is 0 Å². The van der Waals surface area contributed by atoms with Gasteiger partial charge in [0.05, 0.1) is 6.61 Å². The van der Waals surface area contributed by atoms with E-state index in [-0.39, 0.29) is 0 Å². The van der Waals surface area contributed by atoms with Crippen molar-refractivity contribution in [1.29, 1.82) is 0 Å². The lowest BCUT2D eigenvalue weighted by atomic mass is 10.1. The van der Waals surface area contributed by atoms with Gasteiger partial charge in [0.1, 0.15) is 6.23 Å². The van der Waals surface area contributed by atoms with Crippen molar-refractivity contribution >= 4 is 5.69 Å². The summed E-state index contributed by atoms with van der Waals surface area (Å²) in [6.45, 7) is 1.94. The van der Waals surface area contributed by atoms with Crippen molar-refractivity contribution in [2.75, 3.05) is 11.4 Å². The number of fused-ring (bicyclic) bond motifs is 3. The van der Waals surface area contributed by atoms with E-state index in [4.69, 9.17) is 4.74 Å². The lowest BCUT2D eigenvalue weighted by Crippen LogP contribution is -2.35. The molecule has 1 aromatic carbocycles. The molecule has 2 aliphatic rings. The minimum atomic E-state index is 0.356. The first kappa shape index (κ1) is 7.39. The van der Waals surface area contributed by atoms with Gasteiger partial charge in [-0.1, -0.05) is 18.2 Å². The maximum atomic E-state index is 5.75. The molecule has 0 bridgehead atoms. The second-order valence-electron chi connectivity index (χ2n) is 3.73. The molecule has 1 aromatic rings. The SMILES string of the molecule is c1ccc2c(c1)COC1CCCN21. The van der Waals surface area contributed by atoms with Crippen LogP contribution in [-0.2, 0) is 11.3 Å². The van der Waals surface area contributed by atoms with E-state index in [2.05, 4.69) is 29.2 Å². The summed E-state index contributed by atoms with van der Waals surface area (Å²) < 4.78 is 5.75. The molecule has 0 aliphatic carbocycles. The van der Waals surface area contributed by atoms with Crippen LogP contribution in [0, 0.1) is 0 Å². The maximum absolute atomic E-state index is 5.75. The van der Waals surface area contributed by atoms with Crippen LogP contribution in [0.3, 0.4) is 0 Å². The monoisotopic (exact) mass is 175 g/mol. The first-order valence-electron chi connectivity index (χ1n) is 4.91. The van der Waals surface area contributed by atoms with Crippen molar-refractivity contribution in [2.24, 2.45) is 0 Å². The molecule has 1 fully saturated rings. The van der Waals surface area contributed by atoms with Crippen molar-refractivity contribution in [1.82, 2.24) is 0 Å². The Morgan fingerprint density at radius 1 is 1.31 bits per heavy atom. The molecule has 0 spiro atoms. The lowest BCUT2D eigenvalue weighted by molar-refractivity contribution is 0.0384. The van der Waals surface area contributed by atoms with E-state index in [1.807, 2.05) is 0 Å². The van der Waals surface area contributed by atoms with Crippen LogP contribution in [-0.4, -0.2) is 12.8 Å². The van der Waals surface area contributed by atoms with E-state index in [1.54, 1.807) is 0 Å². The summed E-state index contributed by atoms with van der Waals surface area (Å²) in [6, 6.07) is 8.55. The topological polar surface area (TPSA) is 12.5 Å². The molecule has 0 amide bonds. The molecule has 2 aliphatic heterocycles. The summed E-state index contributed by atoms with van der Waals surface area (Å²) in [6.07, 6.45) is 2.81. The van der Waals surface area contributed by atoms with Crippen LogP contribution >= 0.6 is 0 Å². The van der Waals surface area contributed by atoms with Crippen LogP contribution in [0.1, 0.15) is 18.4 Å². The average Bonchev–Trinajstić information content (AvgIpc) is 2.65. The Labute approximate surface area is 78.1 Å². The molecule has 1 saturated heterocycles. The first-order chi connectivity index (χ1) is 6.45. The Morgan fingerprint density at radius 3 is 3.23 bits per heavy atom. The summed E-state index contributed by atoms with van der Waals surface area (Å²) >= 11 is 0. The number of anilines is 1. The van der Waals surface area contributed by atoms with Crippen LogP contribution in [0.15, 0.2) is 24.3 Å². The number of ether oxygens (including phenoxy) is 1. The summed E-state index contributed by atoms with van der Waals surface area (Å²) in [5, 5.41) is 0. The molecule has 1 atom stereocenters. The highest BCUT2D eigenvalue weighted by atomic mass is 16.5. The van der Waals surface area contributed by atoms with Gasteiger partial charge >= 0.3 is 0 Å². The summed E-state index contributed by atoms with van der Waals surface area (Å²) in [5.41, 5.74) is 2.72. The van der Waals surface area contributed by atoms with Crippen molar-refractivity contribution in [3.05, 3.63) is 29.8 Å². The third kappa shape index (κ3) is 1.05. The van der Waals surface area contributed by atoms with E-state index < -0.39 is 0 Å². The lowest BCUT2D eigenvalue weighted by Gasteiger charge is -2.33. The quantitative estimate of drug-likeness (QED) is 0.599. The van der Waals surface area contributed by atoms with E-state index >= 15 is 0 Å². The van der Waals surface area contributed by atoms with Gasteiger partial charge in [0, 0.05) is 17.8 Å². The highest BCUT2D eigenvalue weighted by molar-refractivity contribution is 5.55. The summed E-state index contributed by atoms with van der Waals surface area (Å²) in [7, 11) is 0. The fraction of sp³-hybridized carbons (Fsp3) is 0.455.